The minimum atomic E-state index is -1.03. The Labute approximate surface area is 199 Å². The lowest BCUT2D eigenvalue weighted by molar-refractivity contribution is 0.0696. The fraction of sp³-hybridized carbons (Fsp3) is 0.462. The number of rotatable bonds is 15. The number of unbranched alkanes of at least 4 members (excludes halogenated alkanes) is 9. The summed E-state index contributed by atoms with van der Waals surface area (Å²) in [4.78, 5) is 23.2. The van der Waals surface area contributed by atoms with Crippen molar-refractivity contribution in [3.8, 4) is 11.5 Å². The first-order valence-corrected chi connectivity index (χ1v) is 12.3. The molecule has 0 saturated carbocycles. The fourth-order valence-electron chi connectivity index (χ4n) is 3.35. The van der Waals surface area contributed by atoms with Crippen LogP contribution in [0.4, 0.5) is 0 Å². The van der Waals surface area contributed by atoms with Gasteiger partial charge in [0.05, 0.1) is 22.2 Å². The van der Waals surface area contributed by atoms with Gasteiger partial charge < -0.3 is 14.6 Å². The zero-order chi connectivity index (χ0) is 23.2. The Morgan fingerprint density at radius 3 is 1.94 bits per heavy atom. The maximum atomic E-state index is 12.4. The van der Waals surface area contributed by atoms with E-state index in [4.69, 9.17) is 14.6 Å². The molecule has 2 rings (SSSR count). The highest BCUT2D eigenvalue weighted by Crippen LogP contribution is 2.27. The summed E-state index contributed by atoms with van der Waals surface area (Å²) in [5.41, 5.74) is 0.516. The van der Waals surface area contributed by atoms with Crippen molar-refractivity contribution in [2.45, 2.75) is 71.1 Å². The standard InChI is InChI=1S/C26H33BrO5/c1-2-3-4-5-6-7-8-9-10-11-18-31-24-17-14-21(19-23(24)27)26(30)32-22-15-12-20(13-16-22)25(28)29/h12-17,19H,2-11,18H2,1H3,(H,28,29). The SMILES string of the molecule is CCCCCCCCCCCCOc1ccc(C(=O)Oc2ccc(C(=O)O)cc2)cc1Br. The molecule has 0 aliphatic carbocycles. The summed E-state index contributed by atoms with van der Waals surface area (Å²) in [6.45, 7) is 2.89. The summed E-state index contributed by atoms with van der Waals surface area (Å²) in [6.07, 6.45) is 12.8. The van der Waals surface area contributed by atoms with Gasteiger partial charge in [-0.05, 0) is 64.8 Å². The van der Waals surface area contributed by atoms with E-state index in [2.05, 4.69) is 22.9 Å². The number of halogens is 1. The van der Waals surface area contributed by atoms with Crippen molar-refractivity contribution >= 4 is 27.9 Å². The topological polar surface area (TPSA) is 72.8 Å². The molecular formula is C26H33BrO5. The van der Waals surface area contributed by atoms with Gasteiger partial charge in [0.2, 0.25) is 0 Å². The molecule has 0 saturated heterocycles. The number of carbonyl (C=O) groups is 2. The molecule has 0 aliphatic rings. The molecule has 0 heterocycles. The Hall–Kier alpha value is -2.34. The predicted octanol–water partition coefficient (Wildman–Crippen LogP) is 7.67. The van der Waals surface area contributed by atoms with Crippen LogP contribution < -0.4 is 9.47 Å². The molecule has 1 N–H and O–H groups in total. The van der Waals surface area contributed by atoms with Crippen molar-refractivity contribution in [1.82, 2.24) is 0 Å². The van der Waals surface area contributed by atoms with Crippen molar-refractivity contribution in [2.75, 3.05) is 6.61 Å². The van der Waals surface area contributed by atoms with Gasteiger partial charge in [-0.15, -0.1) is 0 Å². The zero-order valence-electron chi connectivity index (χ0n) is 18.8. The molecule has 0 amide bonds. The van der Waals surface area contributed by atoms with E-state index in [1.807, 2.05) is 0 Å². The van der Waals surface area contributed by atoms with Crippen molar-refractivity contribution in [1.29, 1.82) is 0 Å². The van der Waals surface area contributed by atoms with E-state index in [1.54, 1.807) is 18.2 Å². The number of benzene rings is 2. The summed E-state index contributed by atoms with van der Waals surface area (Å²) in [6, 6.07) is 10.8. The average Bonchev–Trinajstić information content (AvgIpc) is 2.78. The molecule has 32 heavy (non-hydrogen) atoms. The normalized spacial score (nSPS) is 10.7. The van der Waals surface area contributed by atoms with Gasteiger partial charge in [-0.25, -0.2) is 9.59 Å². The number of ether oxygens (including phenoxy) is 2. The first-order valence-electron chi connectivity index (χ1n) is 11.5. The van der Waals surface area contributed by atoms with Gasteiger partial charge in [-0.3, -0.25) is 0 Å². The van der Waals surface area contributed by atoms with Gasteiger partial charge in [0, 0.05) is 0 Å². The van der Waals surface area contributed by atoms with Crippen LogP contribution in [0.15, 0.2) is 46.9 Å². The smallest absolute Gasteiger partial charge is 0.343 e. The highest BCUT2D eigenvalue weighted by Gasteiger charge is 2.12. The van der Waals surface area contributed by atoms with Gasteiger partial charge in [-0.2, -0.15) is 0 Å². The fourth-order valence-corrected chi connectivity index (χ4v) is 3.84. The summed E-state index contributed by atoms with van der Waals surface area (Å²) >= 11 is 3.46. The lowest BCUT2D eigenvalue weighted by atomic mass is 10.1. The molecule has 0 aliphatic heterocycles. The highest BCUT2D eigenvalue weighted by atomic mass is 79.9. The second-order valence-electron chi connectivity index (χ2n) is 7.89. The summed E-state index contributed by atoms with van der Waals surface area (Å²) in [5, 5.41) is 8.93. The summed E-state index contributed by atoms with van der Waals surface area (Å²) in [7, 11) is 0. The molecule has 0 unspecified atom stereocenters. The van der Waals surface area contributed by atoms with Crippen molar-refractivity contribution in [3.05, 3.63) is 58.1 Å². The maximum Gasteiger partial charge on any atom is 0.343 e. The van der Waals surface area contributed by atoms with Crippen LogP contribution in [-0.4, -0.2) is 23.7 Å². The molecule has 0 radical (unpaired) electrons. The van der Waals surface area contributed by atoms with Gasteiger partial charge in [0.1, 0.15) is 11.5 Å². The lowest BCUT2D eigenvalue weighted by Gasteiger charge is -2.10. The first-order chi connectivity index (χ1) is 15.5. The number of carboxylic acid groups (broad SMARTS) is 1. The van der Waals surface area contributed by atoms with Gasteiger partial charge >= 0.3 is 11.9 Å². The number of hydrogen-bond donors (Lipinski definition) is 1. The monoisotopic (exact) mass is 504 g/mol. The van der Waals surface area contributed by atoms with E-state index in [-0.39, 0.29) is 11.3 Å². The van der Waals surface area contributed by atoms with Crippen LogP contribution in [0.2, 0.25) is 0 Å². The van der Waals surface area contributed by atoms with Crippen LogP contribution in [0.3, 0.4) is 0 Å². The maximum absolute atomic E-state index is 12.4. The Kier molecular flexibility index (Phi) is 11.9. The van der Waals surface area contributed by atoms with E-state index in [9.17, 15) is 9.59 Å². The second-order valence-corrected chi connectivity index (χ2v) is 8.75. The number of aromatic carboxylic acids is 1. The number of hydrogen-bond acceptors (Lipinski definition) is 4. The van der Waals surface area contributed by atoms with E-state index in [0.29, 0.717) is 22.4 Å². The number of carboxylic acids is 1. The Bertz CT molecular complexity index is 848. The third-order valence-corrected chi connectivity index (χ3v) is 5.85. The van der Waals surface area contributed by atoms with E-state index in [0.717, 1.165) is 12.8 Å². The molecule has 0 aromatic heterocycles. The van der Waals surface area contributed by atoms with Crippen LogP contribution in [0, 0.1) is 0 Å². The predicted molar refractivity (Wildman–Crippen MR) is 130 cm³/mol. The molecule has 0 spiro atoms. The van der Waals surface area contributed by atoms with Crippen molar-refractivity contribution in [2.24, 2.45) is 0 Å². The number of carbonyl (C=O) groups excluding carboxylic acids is 1. The van der Waals surface area contributed by atoms with E-state index in [1.165, 1.54) is 75.6 Å². The third-order valence-electron chi connectivity index (χ3n) is 5.23. The number of esters is 1. The van der Waals surface area contributed by atoms with Crippen LogP contribution in [0.5, 0.6) is 11.5 Å². The first kappa shape index (κ1) is 25.9. The van der Waals surface area contributed by atoms with Crippen LogP contribution in [0.1, 0.15) is 91.8 Å². The molecule has 0 bridgehead atoms. The summed E-state index contributed by atoms with van der Waals surface area (Å²) in [5.74, 6) is -0.559. The van der Waals surface area contributed by atoms with Crippen molar-refractivity contribution < 1.29 is 24.2 Å². The van der Waals surface area contributed by atoms with E-state index < -0.39 is 11.9 Å². The average molecular weight is 505 g/mol. The Balaban J connectivity index is 1.68. The minimum Gasteiger partial charge on any atom is -0.492 e. The molecular weight excluding hydrogens is 472 g/mol. The van der Waals surface area contributed by atoms with Crippen LogP contribution in [0.25, 0.3) is 0 Å². The van der Waals surface area contributed by atoms with Crippen LogP contribution in [-0.2, 0) is 0 Å². The molecule has 0 atom stereocenters. The van der Waals surface area contributed by atoms with Gasteiger partial charge in [0.25, 0.3) is 0 Å². The van der Waals surface area contributed by atoms with Gasteiger partial charge in [-0.1, -0.05) is 64.7 Å². The largest absolute Gasteiger partial charge is 0.492 e. The molecule has 2 aromatic rings. The van der Waals surface area contributed by atoms with E-state index >= 15 is 0 Å². The molecule has 174 valence electrons. The molecule has 2 aromatic carbocycles. The Morgan fingerprint density at radius 2 is 1.38 bits per heavy atom. The zero-order valence-corrected chi connectivity index (χ0v) is 20.4. The molecule has 5 nitrogen and oxygen atoms in total. The third kappa shape index (κ3) is 9.43. The molecule has 6 heteroatoms. The van der Waals surface area contributed by atoms with Crippen molar-refractivity contribution in [3.63, 3.8) is 0 Å². The van der Waals surface area contributed by atoms with Gasteiger partial charge in [0.15, 0.2) is 0 Å². The minimum absolute atomic E-state index is 0.136. The highest BCUT2D eigenvalue weighted by molar-refractivity contribution is 9.10. The van der Waals surface area contributed by atoms with Crippen LogP contribution >= 0.6 is 15.9 Å². The quantitative estimate of drug-likeness (QED) is 0.153. The Morgan fingerprint density at radius 1 is 0.812 bits per heavy atom. The second kappa shape index (κ2) is 14.7. The molecule has 0 fully saturated rings. The summed E-state index contributed by atoms with van der Waals surface area (Å²) < 4.78 is 11.8. The lowest BCUT2D eigenvalue weighted by Crippen LogP contribution is -2.09.